The number of carboxylic acid groups (broad SMARTS) is 1. The third-order valence-corrected chi connectivity index (χ3v) is 2.15. The van der Waals surface area contributed by atoms with Gasteiger partial charge in [-0.1, -0.05) is 30.3 Å². The van der Waals surface area contributed by atoms with Gasteiger partial charge in [0.05, 0.1) is 0 Å². The molecule has 1 aromatic carbocycles. The molecule has 0 aliphatic carbocycles. The van der Waals surface area contributed by atoms with E-state index < -0.39 is 5.97 Å². The number of benzene rings is 1. The lowest BCUT2D eigenvalue weighted by molar-refractivity contribution is -0.129. The predicted molar refractivity (Wildman–Crippen MR) is 63.5 cm³/mol. The monoisotopic (exact) mass is 220 g/mol. The first-order valence-electron chi connectivity index (χ1n) is 5.24. The van der Waals surface area contributed by atoms with Crippen molar-refractivity contribution in [1.82, 2.24) is 5.43 Å². The minimum Gasteiger partial charge on any atom is -0.477 e. The zero-order valence-corrected chi connectivity index (χ0v) is 9.31. The molecule has 2 N–H and O–H groups in total. The molecule has 4 heteroatoms. The number of aryl methyl sites for hydroxylation is 1. The zero-order valence-electron chi connectivity index (χ0n) is 9.31. The summed E-state index contributed by atoms with van der Waals surface area (Å²) in [5.41, 5.74) is 4.11. The average Bonchev–Trinajstić information content (AvgIpc) is 2.29. The Balaban J connectivity index is 2.18. The van der Waals surface area contributed by atoms with Gasteiger partial charge in [-0.3, -0.25) is 0 Å². The first-order valence-corrected chi connectivity index (χ1v) is 5.24. The van der Waals surface area contributed by atoms with Crippen molar-refractivity contribution in [2.75, 3.05) is 6.54 Å². The maximum Gasteiger partial charge on any atom is 0.351 e. The van der Waals surface area contributed by atoms with E-state index in [-0.39, 0.29) is 5.71 Å². The molecule has 0 saturated heterocycles. The highest BCUT2D eigenvalue weighted by molar-refractivity contribution is 6.34. The molecule has 86 valence electrons. The van der Waals surface area contributed by atoms with E-state index in [2.05, 4.69) is 22.7 Å². The maximum atomic E-state index is 10.4. The molecule has 0 bridgehead atoms. The minimum absolute atomic E-state index is 0.0831. The third-order valence-electron chi connectivity index (χ3n) is 2.15. The molecule has 0 spiro atoms. The maximum absolute atomic E-state index is 10.4. The lowest BCUT2D eigenvalue weighted by Gasteiger charge is -2.01. The third kappa shape index (κ3) is 4.59. The van der Waals surface area contributed by atoms with Crippen molar-refractivity contribution < 1.29 is 9.90 Å². The molecule has 0 unspecified atom stereocenters. The Labute approximate surface area is 95.0 Å². The fraction of sp³-hybridized carbons (Fsp3) is 0.333. The molecule has 0 fully saturated rings. The number of nitrogens with one attached hydrogen (secondary N) is 1. The second-order valence-electron chi connectivity index (χ2n) is 3.50. The van der Waals surface area contributed by atoms with Crippen LogP contribution in [0.1, 0.15) is 18.9 Å². The van der Waals surface area contributed by atoms with Crippen LogP contribution in [0.5, 0.6) is 0 Å². The Kier molecular flexibility index (Phi) is 5.05. The summed E-state index contributed by atoms with van der Waals surface area (Å²) in [5.74, 6) is -0.990. The van der Waals surface area contributed by atoms with E-state index in [4.69, 9.17) is 5.11 Å². The summed E-state index contributed by atoms with van der Waals surface area (Å²) in [4.78, 5) is 10.4. The summed E-state index contributed by atoms with van der Waals surface area (Å²) in [6.45, 7) is 2.14. The topological polar surface area (TPSA) is 61.7 Å². The van der Waals surface area contributed by atoms with Crippen LogP contribution in [-0.4, -0.2) is 23.3 Å². The van der Waals surface area contributed by atoms with Gasteiger partial charge in [0.1, 0.15) is 5.71 Å². The molecule has 0 radical (unpaired) electrons. The first kappa shape index (κ1) is 12.2. The van der Waals surface area contributed by atoms with Crippen molar-refractivity contribution in [2.45, 2.75) is 19.8 Å². The van der Waals surface area contributed by atoms with Crippen LogP contribution in [0.15, 0.2) is 35.4 Å². The molecule has 1 rings (SSSR count). The van der Waals surface area contributed by atoms with Crippen LogP contribution in [0.3, 0.4) is 0 Å². The molecule has 16 heavy (non-hydrogen) atoms. The molecule has 0 aliphatic rings. The van der Waals surface area contributed by atoms with Crippen LogP contribution in [0.4, 0.5) is 0 Å². The number of carbonyl (C=O) groups is 1. The molecule has 0 aliphatic heterocycles. The molecule has 0 atom stereocenters. The van der Waals surface area contributed by atoms with Gasteiger partial charge >= 0.3 is 5.97 Å². The van der Waals surface area contributed by atoms with Crippen LogP contribution in [0.25, 0.3) is 0 Å². The molecule has 0 heterocycles. The lowest BCUT2D eigenvalue weighted by atomic mass is 10.1. The lowest BCUT2D eigenvalue weighted by Crippen LogP contribution is -2.16. The van der Waals surface area contributed by atoms with Gasteiger partial charge in [-0.2, -0.15) is 5.10 Å². The highest BCUT2D eigenvalue weighted by atomic mass is 16.4. The molecule has 1 aromatic rings. The van der Waals surface area contributed by atoms with Crippen molar-refractivity contribution in [3.8, 4) is 0 Å². The number of rotatable bonds is 6. The molecular formula is C12H16N2O2. The number of nitrogens with zero attached hydrogens (tertiary/aromatic N) is 1. The number of aliphatic carboxylic acids is 1. The molecular weight excluding hydrogens is 204 g/mol. The Morgan fingerprint density at radius 1 is 1.38 bits per heavy atom. The summed E-state index contributed by atoms with van der Waals surface area (Å²) in [5, 5.41) is 12.3. The Morgan fingerprint density at radius 2 is 2.06 bits per heavy atom. The fourth-order valence-corrected chi connectivity index (χ4v) is 1.24. The summed E-state index contributed by atoms with van der Waals surface area (Å²) in [7, 11) is 0. The summed E-state index contributed by atoms with van der Waals surface area (Å²) >= 11 is 0. The smallest absolute Gasteiger partial charge is 0.351 e. The molecule has 0 amide bonds. The quantitative estimate of drug-likeness (QED) is 0.435. The van der Waals surface area contributed by atoms with Crippen LogP contribution in [-0.2, 0) is 11.2 Å². The molecule has 0 saturated carbocycles. The minimum atomic E-state index is -0.990. The SMILES string of the molecule is CC(=NNCCCc1ccccc1)C(=O)O. The number of carboxylic acids is 1. The Bertz CT molecular complexity index is 361. The summed E-state index contributed by atoms with van der Waals surface area (Å²) < 4.78 is 0. The zero-order chi connectivity index (χ0) is 11.8. The highest BCUT2D eigenvalue weighted by Crippen LogP contribution is 2.01. The number of hydrogen-bond donors (Lipinski definition) is 2. The van der Waals surface area contributed by atoms with E-state index in [9.17, 15) is 4.79 Å². The van der Waals surface area contributed by atoms with Gasteiger partial charge in [0.25, 0.3) is 0 Å². The number of hydrogen-bond acceptors (Lipinski definition) is 3. The van der Waals surface area contributed by atoms with Crippen molar-refractivity contribution in [3.05, 3.63) is 35.9 Å². The Morgan fingerprint density at radius 3 is 2.69 bits per heavy atom. The van der Waals surface area contributed by atoms with Crippen molar-refractivity contribution in [3.63, 3.8) is 0 Å². The average molecular weight is 220 g/mol. The van der Waals surface area contributed by atoms with Crippen LogP contribution in [0, 0.1) is 0 Å². The normalized spacial score (nSPS) is 11.2. The fourth-order valence-electron chi connectivity index (χ4n) is 1.24. The Hall–Kier alpha value is -1.84. The number of hydrazone groups is 1. The largest absolute Gasteiger partial charge is 0.477 e. The van der Waals surface area contributed by atoms with Crippen molar-refractivity contribution in [2.24, 2.45) is 5.10 Å². The van der Waals surface area contributed by atoms with Crippen molar-refractivity contribution >= 4 is 11.7 Å². The van der Waals surface area contributed by atoms with Gasteiger partial charge in [-0.05, 0) is 25.3 Å². The van der Waals surface area contributed by atoms with Crippen LogP contribution < -0.4 is 5.43 Å². The van der Waals surface area contributed by atoms with Gasteiger partial charge < -0.3 is 10.5 Å². The van der Waals surface area contributed by atoms with Crippen LogP contribution >= 0.6 is 0 Å². The van der Waals surface area contributed by atoms with E-state index in [0.717, 1.165) is 12.8 Å². The van der Waals surface area contributed by atoms with E-state index >= 15 is 0 Å². The van der Waals surface area contributed by atoms with Gasteiger partial charge in [-0.25, -0.2) is 4.79 Å². The summed E-state index contributed by atoms with van der Waals surface area (Å²) in [6.07, 6.45) is 1.90. The van der Waals surface area contributed by atoms with Gasteiger partial charge in [0, 0.05) is 6.54 Å². The van der Waals surface area contributed by atoms with E-state index in [0.29, 0.717) is 6.54 Å². The van der Waals surface area contributed by atoms with Crippen LogP contribution in [0.2, 0.25) is 0 Å². The van der Waals surface area contributed by atoms with Gasteiger partial charge in [0.2, 0.25) is 0 Å². The first-order chi connectivity index (χ1) is 7.70. The second kappa shape index (κ2) is 6.61. The van der Waals surface area contributed by atoms with Crippen molar-refractivity contribution in [1.29, 1.82) is 0 Å². The second-order valence-corrected chi connectivity index (χ2v) is 3.50. The summed E-state index contributed by atoms with van der Waals surface area (Å²) in [6, 6.07) is 10.2. The van der Waals surface area contributed by atoms with E-state index in [1.807, 2.05) is 18.2 Å². The predicted octanol–water partition coefficient (Wildman–Crippen LogP) is 1.67. The standard InChI is InChI=1S/C12H16N2O2/c1-10(12(15)16)14-13-9-5-8-11-6-3-2-4-7-11/h2-4,6-7,13H,5,8-9H2,1H3,(H,15,16). The molecule has 0 aromatic heterocycles. The van der Waals surface area contributed by atoms with Gasteiger partial charge in [0.15, 0.2) is 0 Å². The van der Waals surface area contributed by atoms with E-state index in [1.165, 1.54) is 12.5 Å². The van der Waals surface area contributed by atoms with Gasteiger partial charge in [-0.15, -0.1) is 0 Å². The highest BCUT2D eigenvalue weighted by Gasteiger charge is 1.99. The molecule has 4 nitrogen and oxygen atoms in total. The van der Waals surface area contributed by atoms with E-state index in [1.54, 1.807) is 0 Å².